The Bertz CT molecular complexity index is 215. The highest BCUT2D eigenvalue weighted by molar-refractivity contribution is 5.85. The van der Waals surface area contributed by atoms with Gasteiger partial charge >= 0.3 is 0 Å². The van der Waals surface area contributed by atoms with E-state index in [0.717, 1.165) is 25.9 Å². The third-order valence-electron chi connectivity index (χ3n) is 3.59. The van der Waals surface area contributed by atoms with Gasteiger partial charge in [-0.25, -0.2) is 0 Å². The van der Waals surface area contributed by atoms with Crippen molar-refractivity contribution in [2.75, 3.05) is 19.6 Å². The second kappa shape index (κ2) is 3.89. The number of hydrogen-bond acceptors (Lipinski definition) is 2. The minimum absolute atomic E-state index is 0.135. The molecule has 1 saturated carbocycles. The fourth-order valence-corrected chi connectivity index (χ4v) is 2.27. The zero-order valence-corrected chi connectivity index (χ0v) is 8.80. The minimum Gasteiger partial charge on any atom is -0.342 e. The fraction of sp³-hybridized carbons (Fsp3) is 0.909. The Balaban J connectivity index is 1.96. The molecule has 3 heteroatoms. The van der Waals surface area contributed by atoms with Gasteiger partial charge in [0.1, 0.15) is 0 Å². The summed E-state index contributed by atoms with van der Waals surface area (Å²) >= 11 is 0. The molecule has 14 heavy (non-hydrogen) atoms. The van der Waals surface area contributed by atoms with E-state index < -0.39 is 0 Å². The molecule has 2 fully saturated rings. The van der Waals surface area contributed by atoms with Crippen molar-refractivity contribution in [2.24, 2.45) is 11.1 Å². The van der Waals surface area contributed by atoms with Crippen molar-refractivity contribution in [3.8, 4) is 0 Å². The van der Waals surface area contributed by atoms with Crippen molar-refractivity contribution in [3.05, 3.63) is 0 Å². The molecule has 0 atom stereocenters. The Labute approximate surface area is 85.6 Å². The van der Waals surface area contributed by atoms with Crippen LogP contribution in [0.3, 0.4) is 0 Å². The van der Waals surface area contributed by atoms with Gasteiger partial charge < -0.3 is 10.6 Å². The number of carbonyl (C=O) groups excluding carboxylic acids is 1. The molecule has 1 amide bonds. The quantitative estimate of drug-likeness (QED) is 0.719. The van der Waals surface area contributed by atoms with E-state index in [0.29, 0.717) is 12.5 Å². The highest BCUT2D eigenvalue weighted by Gasteiger charge is 2.50. The molecule has 0 radical (unpaired) electrons. The third kappa shape index (κ3) is 1.78. The summed E-state index contributed by atoms with van der Waals surface area (Å²) in [6.07, 6.45) is 6.93. The van der Waals surface area contributed by atoms with Crippen LogP contribution in [0.15, 0.2) is 0 Å². The van der Waals surface area contributed by atoms with Crippen LogP contribution in [0, 0.1) is 5.41 Å². The summed E-state index contributed by atoms with van der Waals surface area (Å²) in [5.74, 6) is 0.335. The predicted octanol–water partition coefficient (Wildman–Crippen LogP) is 1.13. The Morgan fingerprint density at radius 2 is 1.71 bits per heavy atom. The second-order valence-electron chi connectivity index (χ2n) is 4.69. The summed E-state index contributed by atoms with van der Waals surface area (Å²) in [4.78, 5) is 14.2. The lowest BCUT2D eigenvalue weighted by atomic mass is 10.1. The van der Waals surface area contributed by atoms with E-state index in [2.05, 4.69) is 0 Å². The average Bonchev–Trinajstić information content (AvgIpc) is 3.03. The monoisotopic (exact) mass is 196 g/mol. The first kappa shape index (κ1) is 9.97. The molecule has 0 bridgehead atoms. The summed E-state index contributed by atoms with van der Waals surface area (Å²) in [5.41, 5.74) is 5.53. The van der Waals surface area contributed by atoms with Gasteiger partial charge in [0.25, 0.3) is 0 Å². The molecular formula is C11H20N2O. The number of likely N-dealkylation sites (tertiary alicyclic amines) is 1. The third-order valence-corrected chi connectivity index (χ3v) is 3.59. The van der Waals surface area contributed by atoms with Crippen molar-refractivity contribution < 1.29 is 4.79 Å². The van der Waals surface area contributed by atoms with Crippen LogP contribution in [0.5, 0.6) is 0 Å². The van der Waals surface area contributed by atoms with Crippen LogP contribution >= 0.6 is 0 Å². The first-order valence-corrected chi connectivity index (χ1v) is 5.78. The van der Waals surface area contributed by atoms with E-state index >= 15 is 0 Å². The van der Waals surface area contributed by atoms with E-state index in [-0.39, 0.29) is 5.41 Å². The number of carbonyl (C=O) groups is 1. The van der Waals surface area contributed by atoms with Gasteiger partial charge in [0.05, 0.1) is 5.41 Å². The average molecular weight is 196 g/mol. The van der Waals surface area contributed by atoms with Crippen molar-refractivity contribution in [3.63, 3.8) is 0 Å². The molecule has 80 valence electrons. The van der Waals surface area contributed by atoms with Gasteiger partial charge in [0.15, 0.2) is 0 Å². The van der Waals surface area contributed by atoms with Crippen LogP contribution in [-0.4, -0.2) is 30.4 Å². The number of rotatable bonds is 2. The molecule has 1 saturated heterocycles. The molecule has 2 rings (SSSR count). The number of amides is 1. The summed E-state index contributed by atoms with van der Waals surface area (Å²) in [6.45, 7) is 2.46. The molecule has 2 N–H and O–H groups in total. The van der Waals surface area contributed by atoms with Gasteiger partial charge in [-0.15, -0.1) is 0 Å². The fourth-order valence-electron chi connectivity index (χ4n) is 2.27. The summed E-state index contributed by atoms with van der Waals surface area (Å²) in [7, 11) is 0. The van der Waals surface area contributed by atoms with E-state index in [9.17, 15) is 4.79 Å². The van der Waals surface area contributed by atoms with Gasteiger partial charge in [-0.2, -0.15) is 0 Å². The Hall–Kier alpha value is -0.570. The van der Waals surface area contributed by atoms with Crippen molar-refractivity contribution >= 4 is 5.91 Å². The highest BCUT2D eigenvalue weighted by Crippen LogP contribution is 2.46. The highest BCUT2D eigenvalue weighted by atomic mass is 16.2. The Morgan fingerprint density at radius 3 is 2.14 bits per heavy atom. The lowest BCUT2D eigenvalue weighted by molar-refractivity contribution is -0.136. The zero-order valence-electron chi connectivity index (χ0n) is 8.80. The van der Waals surface area contributed by atoms with Crippen LogP contribution in [0.1, 0.15) is 38.5 Å². The lowest BCUT2D eigenvalue weighted by Gasteiger charge is -2.25. The Kier molecular flexibility index (Phi) is 2.77. The van der Waals surface area contributed by atoms with Crippen molar-refractivity contribution in [2.45, 2.75) is 38.5 Å². The first-order chi connectivity index (χ1) is 6.78. The van der Waals surface area contributed by atoms with Gasteiger partial charge in [-0.3, -0.25) is 4.79 Å². The van der Waals surface area contributed by atoms with E-state index in [1.807, 2.05) is 4.90 Å². The SMILES string of the molecule is NCC1(C(=O)N2CCCCCC2)CC1. The molecule has 1 aliphatic heterocycles. The van der Waals surface area contributed by atoms with Crippen LogP contribution in [-0.2, 0) is 4.79 Å². The smallest absolute Gasteiger partial charge is 0.230 e. The van der Waals surface area contributed by atoms with Crippen molar-refractivity contribution in [1.82, 2.24) is 4.90 Å². The lowest BCUT2D eigenvalue weighted by Crippen LogP contribution is -2.40. The van der Waals surface area contributed by atoms with Crippen LogP contribution in [0.4, 0.5) is 0 Å². The largest absolute Gasteiger partial charge is 0.342 e. The molecule has 0 aromatic carbocycles. The van der Waals surface area contributed by atoms with Gasteiger partial charge in [0.2, 0.25) is 5.91 Å². The molecule has 0 aromatic heterocycles. The van der Waals surface area contributed by atoms with Gasteiger partial charge in [-0.1, -0.05) is 12.8 Å². The molecule has 1 heterocycles. The molecule has 1 aliphatic carbocycles. The molecule has 0 spiro atoms. The maximum Gasteiger partial charge on any atom is 0.230 e. The Morgan fingerprint density at radius 1 is 1.14 bits per heavy atom. The number of hydrogen-bond donors (Lipinski definition) is 1. The molecule has 0 aromatic rings. The summed E-state index contributed by atoms with van der Waals surface area (Å²) in [6, 6.07) is 0. The maximum absolute atomic E-state index is 12.1. The minimum atomic E-state index is -0.135. The van der Waals surface area contributed by atoms with E-state index in [1.165, 1.54) is 25.7 Å². The van der Waals surface area contributed by atoms with Crippen LogP contribution < -0.4 is 5.73 Å². The molecule has 2 aliphatic rings. The zero-order chi connectivity index (χ0) is 10.0. The maximum atomic E-state index is 12.1. The number of nitrogens with zero attached hydrogens (tertiary/aromatic N) is 1. The summed E-state index contributed by atoms with van der Waals surface area (Å²) < 4.78 is 0. The molecule has 3 nitrogen and oxygen atoms in total. The standard InChI is InChI=1S/C11H20N2O/c12-9-11(5-6-11)10(14)13-7-3-1-2-4-8-13/h1-9,12H2. The van der Waals surface area contributed by atoms with Crippen LogP contribution in [0.2, 0.25) is 0 Å². The van der Waals surface area contributed by atoms with Gasteiger partial charge in [0, 0.05) is 19.6 Å². The van der Waals surface area contributed by atoms with E-state index in [1.54, 1.807) is 0 Å². The topological polar surface area (TPSA) is 46.3 Å². The summed E-state index contributed by atoms with van der Waals surface area (Å²) in [5, 5.41) is 0. The second-order valence-corrected chi connectivity index (χ2v) is 4.69. The normalized spacial score (nSPS) is 25.6. The van der Waals surface area contributed by atoms with Gasteiger partial charge in [-0.05, 0) is 25.7 Å². The predicted molar refractivity (Wildman–Crippen MR) is 55.8 cm³/mol. The van der Waals surface area contributed by atoms with Crippen molar-refractivity contribution in [1.29, 1.82) is 0 Å². The molecular weight excluding hydrogens is 176 g/mol. The van der Waals surface area contributed by atoms with Crippen LogP contribution in [0.25, 0.3) is 0 Å². The van der Waals surface area contributed by atoms with E-state index in [4.69, 9.17) is 5.73 Å². The molecule has 0 unspecified atom stereocenters. The number of nitrogens with two attached hydrogens (primary N) is 1. The first-order valence-electron chi connectivity index (χ1n) is 5.78.